The summed E-state index contributed by atoms with van der Waals surface area (Å²) in [5.74, 6) is 0.360. The van der Waals surface area contributed by atoms with E-state index in [1.54, 1.807) is 0 Å². The molecule has 0 aliphatic rings. The monoisotopic (exact) mass is 178 g/mol. The van der Waals surface area contributed by atoms with E-state index in [1.165, 1.54) is 0 Å². The highest BCUT2D eigenvalue weighted by molar-refractivity contribution is 7.80. The van der Waals surface area contributed by atoms with Gasteiger partial charge < -0.3 is 9.84 Å². The molecule has 0 unspecified atom stereocenters. The summed E-state index contributed by atoms with van der Waals surface area (Å²) >= 11 is 3.89. The third-order valence-corrected chi connectivity index (χ3v) is 1.33. The number of hydrogen-bond donors (Lipinski definition) is 2. The second-order valence-corrected chi connectivity index (χ2v) is 2.57. The Hall–Kier alpha value is -0.220. The number of carbonyl (C=O) groups is 1. The first-order valence-corrected chi connectivity index (χ1v) is 4.32. The van der Waals surface area contributed by atoms with Crippen LogP contribution >= 0.6 is 12.6 Å². The van der Waals surface area contributed by atoms with Gasteiger partial charge in [0.05, 0.1) is 0 Å². The molecule has 0 bridgehead atoms. The van der Waals surface area contributed by atoms with Crippen molar-refractivity contribution in [1.29, 1.82) is 0 Å². The average molecular weight is 178 g/mol. The minimum absolute atomic E-state index is 0.139. The van der Waals surface area contributed by atoms with Gasteiger partial charge in [0.2, 0.25) is 0 Å². The number of ether oxygens (including phenoxy) is 1. The highest BCUT2D eigenvalue weighted by Gasteiger charge is 2.00. The molecular weight excluding hydrogens is 164 g/mol. The van der Waals surface area contributed by atoms with E-state index in [2.05, 4.69) is 12.6 Å². The molecule has 0 heterocycles. The Kier molecular flexibility index (Phi) is 7.72. The van der Waals surface area contributed by atoms with Gasteiger partial charge in [-0.05, 0) is 12.8 Å². The molecule has 0 aliphatic heterocycles. The normalized spacial score (nSPS) is 9.64. The molecule has 1 N–H and O–H groups in total. The fraction of sp³-hybridized carbons (Fsp3) is 0.857. The molecule has 4 heteroatoms. The van der Waals surface area contributed by atoms with Crippen LogP contribution in [-0.4, -0.2) is 30.0 Å². The largest absolute Gasteiger partial charge is 0.465 e. The van der Waals surface area contributed by atoms with Crippen LogP contribution in [0.15, 0.2) is 0 Å². The van der Waals surface area contributed by atoms with Crippen molar-refractivity contribution in [2.45, 2.75) is 19.3 Å². The van der Waals surface area contributed by atoms with Crippen molar-refractivity contribution in [1.82, 2.24) is 0 Å². The van der Waals surface area contributed by atoms with Gasteiger partial charge in [0.15, 0.2) is 0 Å². The van der Waals surface area contributed by atoms with Crippen molar-refractivity contribution in [2.75, 3.05) is 19.0 Å². The highest BCUT2D eigenvalue weighted by atomic mass is 32.1. The summed E-state index contributed by atoms with van der Waals surface area (Å²) in [5, 5.41) is 8.39. The molecule has 0 aromatic carbocycles. The van der Waals surface area contributed by atoms with E-state index in [4.69, 9.17) is 9.84 Å². The van der Waals surface area contributed by atoms with E-state index in [-0.39, 0.29) is 12.6 Å². The zero-order valence-electron chi connectivity index (χ0n) is 6.45. The van der Waals surface area contributed by atoms with Gasteiger partial charge in [0.1, 0.15) is 6.61 Å². The third kappa shape index (κ3) is 7.68. The molecule has 11 heavy (non-hydrogen) atoms. The molecule has 0 aromatic rings. The molecule has 0 aliphatic carbocycles. The van der Waals surface area contributed by atoms with Crippen molar-refractivity contribution in [3.8, 4) is 0 Å². The maximum atomic E-state index is 10.7. The average Bonchev–Trinajstić information content (AvgIpc) is 2.01. The lowest BCUT2D eigenvalue weighted by Gasteiger charge is -2.00. The Morgan fingerprint density at radius 3 is 2.73 bits per heavy atom. The minimum atomic E-state index is -0.201. The van der Waals surface area contributed by atoms with E-state index < -0.39 is 0 Å². The molecule has 0 spiro atoms. The Labute approximate surface area is 72.2 Å². The molecule has 3 nitrogen and oxygen atoms in total. The van der Waals surface area contributed by atoms with Gasteiger partial charge in [-0.1, -0.05) is 0 Å². The van der Waals surface area contributed by atoms with E-state index >= 15 is 0 Å². The Morgan fingerprint density at radius 2 is 2.18 bits per heavy atom. The van der Waals surface area contributed by atoms with E-state index in [0.717, 1.165) is 0 Å². The number of aliphatic hydroxyl groups is 1. The molecule has 0 saturated heterocycles. The predicted molar refractivity (Wildman–Crippen MR) is 45.7 cm³/mol. The van der Waals surface area contributed by atoms with Gasteiger partial charge >= 0.3 is 5.97 Å². The molecule has 0 amide bonds. The molecule has 0 radical (unpaired) electrons. The molecule has 0 rings (SSSR count). The van der Waals surface area contributed by atoms with E-state index in [9.17, 15) is 4.79 Å². The maximum absolute atomic E-state index is 10.7. The van der Waals surface area contributed by atoms with Crippen LogP contribution < -0.4 is 0 Å². The maximum Gasteiger partial charge on any atom is 0.305 e. The second-order valence-electron chi connectivity index (χ2n) is 2.12. The lowest BCUT2D eigenvalue weighted by molar-refractivity contribution is -0.143. The fourth-order valence-electron chi connectivity index (χ4n) is 0.613. The summed E-state index contributed by atoms with van der Waals surface area (Å²) in [6, 6.07) is 0. The smallest absolute Gasteiger partial charge is 0.305 e. The molecule has 0 aromatic heterocycles. The van der Waals surface area contributed by atoms with Crippen LogP contribution in [0.1, 0.15) is 19.3 Å². The molecular formula is C7H14O3S. The van der Waals surface area contributed by atoms with Gasteiger partial charge in [-0.3, -0.25) is 4.79 Å². The predicted octanol–water partition coefficient (Wildman–Crippen LogP) is 0.622. The Balaban J connectivity index is 3.09. The number of rotatable bonds is 6. The van der Waals surface area contributed by atoms with Gasteiger partial charge in [-0.2, -0.15) is 12.6 Å². The van der Waals surface area contributed by atoms with E-state index in [0.29, 0.717) is 31.6 Å². The van der Waals surface area contributed by atoms with Crippen molar-refractivity contribution >= 4 is 18.6 Å². The number of unbranched alkanes of at least 4 members (excludes halogenated alkanes) is 1. The molecule has 0 atom stereocenters. The van der Waals surface area contributed by atoms with Crippen LogP contribution in [0.4, 0.5) is 0 Å². The molecule has 0 fully saturated rings. The number of hydrogen-bond acceptors (Lipinski definition) is 4. The number of esters is 1. The lowest BCUT2D eigenvalue weighted by Crippen LogP contribution is -2.06. The van der Waals surface area contributed by atoms with Gasteiger partial charge in [-0.15, -0.1) is 0 Å². The van der Waals surface area contributed by atoms with Crippen molar-refractivity contribution in [2.24, 2.45) is 0 Å². The number of aliphatic hydroxyl groups excluding tert-OH is 1. The summed E-state index contributed by atoms with van der Waals surface area (Å²) in [6.45, 7) is 0.515. The summed E-state index contributed by atoms with van der Waals surface area (Å²) in [5.41, 5.74) is 0. The van der Waals surface area contributed by atoms with Crippen LogP contribution in [0.25, 0.3) is 0 Å². The van der Waals surface area contributed by atoms with Gasteiger partial charge in [-0.25, -0.2) is 0 Å². The summed E-state index contributed by atoms with van der Waals surface area (Å²) < 4.78 is 4.74. The van der Waals surface area contributed by atoms with Gasteiger partial charge in [0, 0.05) is 18.8 Å². The fourth-order valence-corrected chi connectivity index (χ4v) is 0.704. The highest BCUT2D eigenvalue weighted by Crippen LogP contribution is 1.96. The van der Waals surface area contributed by atoms with Crippen molar-refractivity contribution in [3.05, 3.63) is 0 Å². The molecule has 66 valence electrons. The quantitative estimate of drug-likeness (QED) is 0.356. The van der Waals surface area contributed by atoms with Crippen molar-refractivity contribution in [3.63, 3.8) is 0 Å². The van der Waals surface area contributed by atoms with Crippen LogP contribution in [0, 0.1) is 0 Å². The minimum Gasteiger partial charge on any atom is -0.465 e. The molecule has 0 saturated carbocycles. The lowest BCUT2D eigenvalue weighted by atomic mass is 10.2. The first-order chi connectivity index (χ1) is 5.31. The van der Waals surface area contributed by atoms with Crippen molar-refractivity contribution < 1.29 is 14.6 Å². The van der Waals surface area contributed by atoms with E-state index in [1.807, 2.05) is 0 Å². The Morgan fingerprint density at radius 1 is 1.45 bits per heavy atom. The topological polar surface area (TPSA) is 46.5 Å². The Bertz CT molecular complexity index is 106. The zero-order valence-corrected chi connectivity index (χ0v) is 7.35. The van der Waals surface area contributed by atoms with Crippen LogP contribution in [-0.2, 0) is 9.53 Å². The van der Waals surface area contributed by atoms with Gasteiger partial charge in [0.25, 0.3) is 0 Å². The number of carbonyl (C=O) groups excluding carboxylic acids is 1. The number of thiol groups is 1. The second kappa shape index (κ2) is 7.88. The summed E-state index contributed by atoms with van der Waals surface area (Å²) in [4.78, 5) is 10.7. The van der Waals surface area contributed by atoms with Crippen LogP contribution in [0.5, 0.6) is 0 Å². The standard InChI is InChI=1S/C7H14O3S/c8-4-2-1-3-7(9)10-5-6-11/h8,11H,1-6H2. The third-order valence-electron chi connectivity index (χ3n) is 1.14. The SMILES string of the molecule is O=C(CCCCO)OCCS. The summed E-state index contributed by atoms with van der Waals surface area (Å²) in [7, 11) is 0. The first kappa shape index (κ1) is 10.8. The first-order valence-electron chi connectivity index (χ1n) is 3.68. The van der Waals surface area contributed by atoms with Crippen LogP contribution in [0.2, 0.25) is 0 Å². The zero-order chi connectivity index (χ0) is 8.53. The summed E-state index contributed by atoms with van der Waals surface area (Å²) in [6.07, 6.45) is 1.76. The van der Waals surface area contributed by atoms with Crippen LogP contribution in [0.3, 0.4) is 0 Å².